The number of ether oxygens (including phenoxy) is 1. The SMILES string of the molecule is NC1(c2cc(Cl)cc3c2OCC3)CCCC1. The van der Waals surface area contributed by atoms with Crippen LogP contribution in [0.1, 0.15) is 36.8 Å². The molecule has 0 saturated heterocycles. The van der Waals surface area contributed by atoms with E-state index >= 15 is 0 Å². The predicted molar refractivity (Wildman–Crippen MR) is 65.0 cm³/mol. The van der Waals surface area contributed by atoms with Crippen molar-refractivity contribution in [3.05, 3.63) is 28.3 Å². The fraction of sp³-hybridized carbons (Fsp3) is 0.538. The molecule has 2 aliphatic rings. The zero-order chi connectivity index (χ0) is 11.2. The minimum atomic E-state index is -0.209. The summed E-state index contributed by atoms with van der Waals surface area (Å²) in [7, 11) is 0. The van der Waals surface area contributed by atoms with E-state index in [4.69, 9.17) is 22.1 Å². The molecule has 0 bridgehead atoms. The van der Waals surface area contributed by atoms with Gasteiger partial charge < -0.3 is 10.5 Å². The monoisotopic (exact) mass is 237 g/mol. The summed E-state index contributed by atoms with van der Waals surface area (Å²) < 4.78 is 5.72. The van der Waals surface area contributed by atoms with Gasteiger partial charge in [0.2, 0.25) is 0 Å². The normalized spacial score (nSPS) is 21.9. The van der Waals surface area contributed by atoms with Crippen LogP contribution in [0.25, 0.3) is 0 Å². The van der Waals surface area contributed by atoms with E-state index in [0.29, 0.717) is 0 Å². The van der Waals surface area contributed by atoms with Crippen molar-refractivity contribution in [1.82, 2.24) is 0 Å². The molecule has 0 spiro atoms. The number of fused-ring (bicyclic) bond motifs is 1. The maximum Gasteiger partial charge on any atom is 0.127 e. The second kappa shape index (κ2) is 3.64. The lowest BCUT2D eigenvalue weighted by atomic mass is 9.87. The highest BCUT2D eigenvalue weighted by Gasteiger charge is 2.36. The van der Waals surface area contributed by atoms with Gasteiger partial charge in [-0.3, -0.25) is 0 Å². The molecule has 0 aromatic heterocycles. The number of nitrogens with two attached hydrogens (primary N) is 1. The van der Waals surface area contributed by atoms with Crippen molar-refractivity contribution in [3.63, 3.8) is 0 Å². The van der Waals surface area contributed by atoms with Gasteiger partial charge in [0.15, 0.2) is 0 Å². The molecule has 2 N–H and O–H groups in total. The number of halogens is 1. The third-order valence-corrected chi connectivity index (χ3v) is 4.00. The van der Waals surface area contributed by atoms with Crippen molar-refractivity contribution in [1.29, 1.82) is 0 Å². The van der Waals surface area contributed by atoms with E-state index in [0.717, 1.165) is 42.2 Å². The lowest BCUT2D eigenvalue weighted by Crippen LogP contribution is -2.33. The zero-order valence-corrected chi connectivity index (χ0v) is 10.0. The first kappa shape index (κ1) is 10.4. The van der Waals surface area contributed by atoms with E-state index in [1.807, 2.05) is 12.1 Å². The van der Waals surface area contributed by atoms with Crippen LogP contribution in [-0.2, 0) is 12.0 Å². The molecule has 1 aliphatic carbocycles. The van der Waals surface area contributed by atoms with Gasteiger partial charge >= 0.3 is 0 Å². The molecule has 1 fully saturated rings. The molecule has 0 amide bonds. The van der Waals surface area contributed by atoms with Crippen LogP contribution in [0.5, 0.6) is 5.75 Å². The number of rotatable bonds is 1. The molecule has 2 nitrogen and oxygen atoms in total. The molecule has 0 atom stereocenters. The topological polar surface area (TPSA) is 35.2 Å². The largest absolute Gasteiger partial charge is 0.493 e. The summed E-state index contributed by atoms with van der Waals surface area (Å²) in [6.45, 7) is 0.763. The second-order valence-electron chi connectivity index (χ2n) is 4.90. The molecule has 86 valence electrons. The molecular weight excluding hydrogens is 222 g/mol. The highest BCUT2D eigenvalue weighted by molar-refractivity contribution is 6.30. The first-order valence-electron chi connectivity index (χ1n) is 5.94. The standard InChI is InChI=1S/C13H16ClNO/c14-10-7-9-3-6-16-12(9)11(8-10)13(15)4-1-2-5-13/h7-8H,1-6,15H2. The third-order valence-electron chi connectivity index (χ3n) is 3.78. The average Bonchev–Trinajstić information content (AvgIpc) is 2.85. The summed E-state index contributed by atoms with van der Waals surface area (Å²) in [6.07, 6.45) is 5.46. The van der Waals surface area contributed by atoms with Gasteiger partial charge in [-0.1, -0.05) is 24.4 Å². The lowest BCUT2D eigenvalue weighted by Gasteiger charge is -2.26. The van der Waals surface area contributed by atoms with Crippen molar-refractivity contribution in [2.24, 2.45) is 5.73 Å². The van der Waals surface area contributed by atoms with Crippen LogP contribution in [-0.4, -0.2) is 6.61 Å². The maximum absolute atomic E-state index is 6.48. The predicted octanol–water partition coefficient (Wildman–Crippen LogP) is 3.00. The van der Waals surface area contributed by atoms with Crippen LogP contribution in [0.3, 0.4) is 0 Å². The van der Waals surface area contributed by atoms with E-state index in [1.165, 1.54) is 18.4 Å². The summed E-state index contributed by atoms with van der Waals surface area (Å²) >= 11 is 6.16. The Bertz CT molecular complexity index is 424. The van der Waals surface area contributed by atoms with E-state index < -0.39 is 0 Å². The summed E-state index contributed by atoms with van der Waals surface area (Å²) in [5.41, 5.74) is 8.63. The van der Waals surface area contributed by atoms with E-state index in [-0.39, 0.29) is 5.54 Å². The van der Waals surface area contributed by atoms with Crippen LogP contribution >= 0.6 is 11.6 Å². The summed E-state index contributed by atoms with van der Waals surface area (Å²) in [5, 5.41) is 0.788. The first-order valence-corrected chi connectivity index (χ1v) is 6.31. The first-order chi connectivity index (χ1) is 7.69. The van der Waals surface area contributed by atoms with Crippen LogP contribution in [0.4, 0.5) is 0 Å². The Morgan fingerprint density at radius 3 is 2.75 bits per heavy atom. The zero-order valence-electron chi connectivity index (χ0n) is 9.26. The van der Waals surface area contributed by atoms with E-state index in [2.05, 4.69) is 0 Å². The average molecular weight is 238 g/mol. The van der Waals surface area contributed by atoms with Crippen molar-refractivity contribution in [2.75, 3.05) is 6.61 Å². The highest BCUT2D eigenvalue weighted by Crippen LogP contribution is 2.44. The van der Waals surface area contributed by atoms with Crippen molar-refractivity contribution >= 4 is 11.6 Å². The van der Waals surface area contributed by atoms with Gasteiger partial charge in [-0.25, -0.2) is 0 Å². The Hall–Kier alpha value is -0.730. The Balaban J connectivity index is 2.13. The van der Waals surface area contributed by atoms with Crippen molar-refractivity contribution in [3.8, 4) is 5.75 Å². The maximum atomic E-state index is 6.48. The molecule has 1 heterocycles. The fourth-order valence-electron chi connectivity index (χ4n) is 2.91. The van der Waals surface area contributed by atoms with Crippen LogP contribution < -0.4 is 10.5 Å². The van der Waals surface area contributed by atoms with Gasteiger partial charge in [0.25, 0.3) is 0 Å². The van der Waals surface area contributed by atoms with Gasteiger partial charge in [-0.05, 0) is 30.5 Å². The molecule has 1 aromatic carbocycles. The van der Waals surface area contributed by atoms with Gasteiger partial charge in [-0.15, -0.1) is 0 Å². The van der Waals surface area contributed by atoms with E-state index in [9.17, 15) is 0 Å². The molecule has 16 heavy (non-hydrogen) atoms. The molecule has 1 saturated carbocycles. The molecule has 0 radical (unpaired) electrons. The number of hydrogen-bond donors (Lipinski definition) is 1. The minimum absolute atomic E-state index is 0.209. The number of benzene rings is 1. The van der Waals surface area contributed by atoms with Gasteiger partial charge in [0.1, 0.15) is 5.75 Å². The molecule has 1 aliphatic heterocycles. The van der Waals surface area contributed by atoms with Crippen LogP contribution in [0.15, 0.2) is 12.1 Å². The molecule has 3 rings (SSSR count). The van der Waals surface area contributed by atoms with Crippen molar-refractivity contribution in [2.45, 2.75) is 37.6 Å². The van der Waals surface area contributed by atoms with Crippen molar-refractivity contribution < 1.29 is 4.74 Å². The smallest absolute Gasteiger partial charge is 0.127 e. The second-order valence-corrected chi connectivity index (χ2v) is 5.34. The van der Waals surface area contributed by atoms with E-state index in [1.54, 1.807) is 0 Å². The highest BCUT2D eigenvalue weighted by atomic mass is 35.5. The van der Waals surface area contributed by atoms with Gasteiger partial charge in [-0.2, -0.15) is 0 Å². The van der Waals surface area contributed by atoms with Gasteiger partial charge in [0.05, 0.1) is 6.61 Å². The fourth-order valence-corrected chi connectivity index (χ4v) is 3.16. The Morgan fingerprint density at radius 1 is 1.25 bits per heavy atom. The summed E-state index contributed by atoms with van der Waals surface area (Å²) in [6, 6.07) is 4.00. The third kappa shape index (κ3) is 1.52. The summed E-state index contributed by atoms with van der Waals surface area (Å²) in [5.74, 6) is 1.01. The van der Waals surface area contributed by atoms with Gasteiger partial charge in [0, 0.05) is 22.5 Å². The quantitative estimate of drug-likeness (QED) is 0.815. The molecule has 1 aromatic rings. The lowest BCUT2D eigenvalue weighted by molar-refractivity contribution is 0.339. The minimum Gasteiger partial charge on any atom is -0.493 e. The Kier molecular flexibility index (Phi) is 2.37. The van der Waals surface area contributed by atoms with Crippen LogP contribution in [0.2, 0.25) is 5.02 Å². The Labute approximate surface area is 101 Å². The van der Waals surface area contributed by atoms with Crippen LogP contribution in [0, 0.1) is 0 Å². The molecule has 0 unspecified atom stereocenters. The summed E-state index contributed by atoms with van der Waals surface area (Å²) in [4.78, 5) is 0. The molecule has 3 heteroatoms. The number of hydrogen-bond acceptors (Lipinski definition) is 2. The molecular formula is C13H16ClNO. The Morgan fingerprint density at radius 2 is 2.00 bits per heavy atom.